The quantitative estimate of drug-likeness (QED) is 0.565. The lowest BCUT2D eigenvalue weighted by Crippen LogP contribution is -2.49. The Morgan fingerprint density at radius 1 is 1.54 bits per heavy atom. The Hall–Kier alpha value is -0.120. The van der Waals surface area contributed by atoms with Crippen LogP contribution in [-0.2, 0) is 0 Å². The van der Waals surface area contributed by atoms with Gasteiger partial charge in [-0.05, 0) is 31.7 Å². The summed E-state index contributed by atoms with van der Waals surface area (Å²) in [4.78, 5) is 0. The minimum Gasteiger partial charge on any atom is -0.396 e. The second-order valence-electron chi connectivity index (χ2n) is 4.12. The van der Waals surface area contributed by atoms with Crippen LogP contribution in [0.25, 0.3) is 0 Å². The molecular weight excluding hydrogens is 164 g/mol. The molecule has 3 nitrogen and oxygen atoms in total. The van der Waals surface area contributed by atoms with E-state index in [0.29, 0.717) is 24.6 Å². The molecule has 1 rings (SSSR count). The first-order chi connectivity index (χ1) is 6.26. The molecule has 1 unspecified atom stereocenters. The highest BCUT2D eigenvalue weighted by Gasteiger charge is 2.25. The van der Waals surface area contributed by atoms with Crippen molar-refractivity contribution in [3.63, 3.8) is 0 Å². The van der Waals surface area contributed by atoms with Gasteiger partial charge < -0.3 is 16.2 Å². The van der Waals surface area contributed by atoms with Crippen LogP contribution >= 0.6 is 0 Å². The molecule has 0 aromatic heterocycles. The summed E-state index contributed by atoms with van der Waals surface area (Å²) in [6.07, 6.45) is 4.31. The predicted octanol–water partition coefficient (Wildman–Crippen LogP) is 0.474. The Kier molecular flexibility index (Phi) is 4.70. The molecule has 1 aliphatic carbocycles. The van der Waals surface area contributed by atoms with Gasteiger partial charge in [-0.25, -0.2) is 0 Å². The van der Waals surface area contributed by atoms with Crippen LogP contribution in [0.3, 0.4) is 0 Å². The molecule has 0 aromatic rings. The molecule has 0 spiro atoms. The van der Waals surface area contributed by atoms with Crippen LogP contribution in [0.4, 0.5) is 0 Å². The third kappa shape index (κ3) is 3.63. The molecule has 78 valence electrons. The van der Waals surface area contributed by atoms with Crippen molar-refractivity contribution in [2.45, 2.75) is 44.7 Å². The SMILES string of the molecule is CCC(CCO)CNC1CC(N)C1. The summed E-state index contributed by atoms with van der Waals surface area (Å²) in [6.45, 7) is 3.52. The van der Waals surface area contributed by atoms with E-state index in [9.17, 15) is 0 Å². The van der Waals surface area contributed by atoms with Crippen molar-refractivity contribution in [2.75, 3.05) is 13.2 Å². The zero-order valence-corrected chi connectivity index (χ0v) is 8.50. The van der Waals surface area contributed by atoms with Gasteiger partial charge in [-0.2, -0.15) is 0 Å². The van der Waals surface area contributed by atoms with Gasteiger partial charge in [0.15, 0.2) is 0 Å². The largest absolute Gasteiger partial charge is 0.396 e. The molecule has 1 fully saturated rings. The van der Waals surface area contributed by atoms with Crippen LogP contribution in [-0.4, -0.2) is 30.3 Å². The number of hydrogen-bond acceptors (Lipinski definition) is 3. The standard InChI is InChI=1S/C10H22N2O/c1-2-8(3-4-13)7-12-10-5-9(11)6-10/h8-10,12-13H,2-7,11H2,1H3. The van der Waals surface area contributed by atoms with Crippen LogP contribution in [0.1, 0.15) is 32.6 Å². The minimum absolute atomic E-state index is 0.310. The number of hydrogen-bond donors (Lipinski definition) is 3. The summed E-state index contributed by atoms with van der Waals surface area (Å²) >= 11 is 0. The molecule has 1 aliphatic rings. The second-order valence-corrected chi connectivity index (χ2v) is 4.12. The van der Waals surface area contributed by atoms with Gasteiger partial charge in [-0.3, -0.25) is 0 Å². The molecular formula is C10H22N2O. The summed E-state index contributed by atoms with van der Waals surface area (Å²) in [5.41, 5.74) is 5.69. The molecule has 0 bridgehead atoms. The van der Waals surface area contributed by atoms with Gasteiger partial charge in [0.05, 0.1) is 0 Å². The normalized spacial score (nSPS) is 29.8. The monoisotopic (exact) mass is 186 g/mol. The summed E-state index contributed by atoms with van der Waals surface area (Å²) in [6, 6.07) is 1.07. The van der Waals surface area contributed by atoms with E-state index in [-0.39, 0.29) is 0 Å². The number of nitrogens with one attached hydrogen (secondary N) is 1. The molecule has 0 heterocycles. The minimum atomic E-state index is 0.310. The van der Waals surface area contributed by atoms with Gasteiger partial charge in [0.25, 0.3) is 0 Å². The molecule has 0 aliphatic heterocycles. The van der Waals surface area contributed by atoms with Crippen molar-refractivity contribution in [3.05, 3.63) is 0 Å². The molecule has 1 saturated carbocycles. The fourth-order valence-corrected chi connectivity index (χ4v) is 1.79. The highest BCUT2D eigenvalue weighted by atomic mass is 16.3. The van der Waals surface area contributed by atoms with E-state index >= 15 is 0 Å². The van der Waals surface area contributed by atoms with Crippen LogP contribution in [0.15, 0.2) is 0 Å². The predicted molar refractivity (Wildman–Crippen MR) is 54.5 cm³/mol. The fraction of sp³-hybridized carbons (Fsp3) is 1.00. The van der Waals surface area contributed by atoms with Crippen molar-refractivity contribution in [1.82, 2.24) is 5.32 Å². The first-order valence-electron chi connectivity index (χ1n) is 5.36. The maximum atomic E-state index is 8.80. The highest BCUT2D eigenvalue weighted by molar-refractivity contribution is 4.87. The lowest BCUT2D eigenvalue weighted by Gasteiger charge is -2.34. The highest BCUT2D eigenvalue weighted by Crippen LogP contribution is 2.18. The second kappa shape index (κ2) is 5.58. The number of nitrogens with two attached hydrogens (primary N) is 1. The summed E-state index contributed by atoms with van der Waals surface area (Å²) in [7, 11) is 0. The molecule has 13 heavy (non-hydrogen) atoms. The lowest BCUT2D eigenvalue weighted by atomic mass is 9.87. The van der Waals surface area contributed by atoms with Crippen LogP contribution < -0.4 is 11.1 Å². The van der Waals surface area contributed by atoms with Crippen molar-refractivity contribution in [2.24, 2.45) is 11.7 Å². The number of rotatable bonds is 6. The Bertz CT molecular complexity index is 135. The lowest BCUT2D eigenvalue weighted by molar-refractivity contribution is 0.231. The average molecular weight is 186 g/mol. The van der Waals surface area contributed by atoms with Crippen molar-refractivity contribution in [3.8, 4) is 0 Å². The maximum absolute atomic E-state index is 8.80. The van der Waals surface area contributed by atoms with E-state index in [0.717, 1.165) is 32.2 Å². The summed E-state index contributed by atoms with van der Waals surface area (Å²) in [5, 5.41) is 12.3. The zero-order chi connectivity index (χ0) is 9.68. The Balaban J connectivity index is 2.02. The van der Waals surface area contributed by atoms with Gasteiger partial charge >= 0.3 is 0 Å². The molecule has 0 radical (unpaired) electrons. The molecule has 3 heteroatoms. The zero-order valence-electron chi connectivity index (χ0n) is 8.50. The van der Waals surface area contributed by atoms with E-state index in [4.69, 9.17) is 10.8 Å². The number of aliphatic hydroxyl groups excluding tert-OH is 1. The first kappa shape index (κ1) is 11.0. The van der Waals surface area contributed by atoms with Crippen LogP contribution in [0.2, 0.25) is 0 Å². The average Bonchev–Trinajstić information content (AvgIpc) is 2.08. The number of aliphatic hydroxyl groups is 1. The Morgan fingerprint density at radius 3 is 2.69 bits per heavy atom. The van der Waals surface area contributed by atoms with Crippen molar-refractivity contribution < 1.29 is 5.11 Å². The topological polar surface area (TPSA) is 58.3 Å². The molecule has 0 amide bonds. The van der Waals surface area contributed by atoms with E-state index in [1.165, 1.54) is 0 Å². The van der Waals surface area contributed by atoms with Gasteiger partial charge in [-0.15, -0.1) is 0 Å². The van der Waals surface area contributed by atoms with Crippen LogP contribution in [0.5, 0.6) is 0 Å². The summed E-state index contributed by atoms with van der Waals surface area (Å²) in [5.74, 6) is 0.627. The van der Waals surface area contributed by atoms with E-state index < -0.39 is 0 Å². The third-order valence-corrected chi connectivity index (χ3v) is 2.98. The van der Waals surface area contributed by atoms with E-state index in [1.54, 1.807) is 0 Å². The van der Waals surface area contributed by atoms with Crippen LogP contribution in [0, 0.1) is 5.92 Å². The fourth-order valence-electron chi connectivity index (χ4n) is 1.79. The molecule has 0 aromatic carbocycles. The van der Waals surface area contributed by atoms with E-state index in [1.807, 2.05) is 0 Å². The molecule has 0 saturated heterocycles. The van der Waals surface area contributed by atoms with E-state index in [2.05, 4.69) is 12.2 Å². The van der Waals surface area contributed by atoms with Crippen molar-refractivity contribution in [1.29, 1.82) is 0 Å². The van der Waals surface area contributed by atoms with Gasteiger partial charge in [0, 0.05) is 18.7 Å². The van der Waals surface area contributed by atoms with Crippen molar-refractivity contribution >= 4 is 0 Å². The summed E-state index contributed by atoms with van der Waals surface area (Å²) < 4.78 is 0. The molecule has 1 atom stereocenters. The van der Waals surface area contributed by atoms with Gasteiger partial charge in [-0.1, -0.05) is 13.3 Å². The Labute approximate surface area is 80.7 Å². The smallest absolute Gasteiger partial charge is 0.0434 e. The first-order valence-corrected chi connectivity index (χ1v) is 5.36. The third-order valence-electron chi connectivity index (χ3n) is 2.98. The van der Waals surface area contributed by atoms with Gasteiger partial charge in [0.1, 0.15) is 0 Å². The maximum Gasteiger partial charge on any atom is 0.0434 e. The molecule has 4 N–H and O–H groups in total. The van der Waals surface area contributed by atoms with Gasteiger partial charge in [0.2, 0.25) is 0 Å². The Morgan fingerprint density at radius 2 is 2.23 bits per heavy atom.